The molecule has 3 rings (SSSR count). The predicted molar refractivity (Wildman–Crippen MR) is 100 cm³/mol. The first-order chi connectivity index (χ1) is 12.6. The number of methoxy groups -OCH3 is 1. The van der Waals surface area contributed by atoms with Crippen molar-refractivity contribution in [3.63, 3.8) is 0 Å². The van der Waals surface area contributed by atoms with E-state index in [9.17, 15) is 9.59 Å². The van der Waals surface area contributed by atoms with Gasteiger partial charge < -0.3 is 10.1 Å². The summed E-state index contributed by atoms with van der Waals surface area (Å²) >= 11 is 0. The fraction of sp³-hybridized carbons (Fsp3) is 0.250. The third kappa shape index (κ3) is 3.81. The number of benzene rings is 2. The van der Waals surface area contributed by atoms with Gasteiger partial charge in [0.2, 0.25) is 0 Å². The van der Waals surface area contributed by atoms with Gasteiger partial charge in [-0.05, 0) is 29.3 Å². The third-order valence-corrected chi connectivity index (χ3v) is 4.24. The summed E-state index contributed by atoms with van der Waals surface area (Å²) in [6.45, 7) is 2.58. The lowest BCUT2D eigenvalue weighted by molar-refractivity contribution is 0.0931. The standard InChI is InChI=1S/C20H21N3O3/c1-14(16-9-5-7-15-6-3-4-8-17(15)16)21-20(25)18-10-11-19(24)23(22-18)12-13-26-2/h3-11,14H,12-13H2,1-2H3,(H,21,25)/t14-/m0/s1. The Morgan fingerprint density at radius 2 is 1.92 bits per heavy atom. The molecule has 1 amide bonds. The highest BCUT2D eigenvalue weighted by Crippen LogP contribution is 2.24. The molecule has 6 heteroatoms. The normalized spacial score (nSPS) is 12.1. The average Bonchev–Trinajstić information content (AvgIpc) is 2.66. The van der Waals surface area contributed by atoms with E-state index in [1.165, 1.54) is 16.8 Å². The monoisotopic (exact) mass is 351 g/mol. The molecule has 2 aromatic carbocycles. The number of nitrogens with zero attached hydrogens (tertiary/aromatic N) is 2. The quantitative estimate of drug-likeness (QED) is 0.741. The first kappa shape index (κ1) is 17.8. The molecule has 0 aliphatic rings. The van der Waals surface area contributed by atoms with Crippen molar-refractivity contribution in [2.24, 2.45) is 0 Å². The molecule has 0 saturated carbocycles. The zero-order chi connectivity index (χ0) is 18.5. The minimum absolute atomic E-state index is 0.199. The van der Waals surface area contributed by atoms with Crippen LogP contribution in [0.3, 0.4) is 0 Å². The second kappa shape index (κ2) is 7.93. The van der Waals surface area contributed by atoms with Crippen LogP contribution in [0.1, 0.15) is 29.0 Å². The summed E-state index contributed by atoms with van der Waals surface area (Å²) in [4.78, 5) is 24.4. The largest absolute Gasteiger partial charge is 0.383 e. The van der Waals surface area contributed by atoms with E-state index < -0.39 is 0 Å². The Balaban J connectivity index is 1.82. The molecule has 0 aliphatic carbocycles. The van der Waals surface area contributed by atoms with E-state index >= 15 is 0 Å². The summed E-state index contributed by atoms with van der Waals surface area (Å²) < 4.78 is 6.20. The third-order valence-electron chi connectivity index (χ3n) is 4.24. The molecule has 26 heavy (non-hydrogen) atoms. The van der Waals surface area contributed by atoms with Crippen LogP contribution in [0.15, 0.2) is 59.4 Å². The maximum Gasteiger partial charge on any atom is 0.272 e. The summed E-state index contributed by atoms with van der Waals surface area (Å²) in [6, 6.07) is 16.7. The number of rotatable bonds is 6. The van der Waals surface area contributed by atoms with Crippen molar-refractivity contribution in [3.05, 3.63) is 76.2 Å². The Morgan fingerprint density at radius 1 is 1.15 bits per heavy atom. The van der Waals surface area contributed by atoms with Crippen LogP contribution in [0.25, 0.3) is 10.8 Å². The number of fused-ring (bicyclic) bond motifs is 1. The number of amides is 1. The molecule has 0 spiro atoms. The van der Waals surface area contributed by atoms with Crippen LogP contribution in [0.2, 0.25) is 0 Å². The van der Waals surface area contributed by atoms with Gasteiger partial charge in [-0.25, -0.2) is 4.68 Å². The number of aromatic nitrogens is 2. The molecule has 0 unspecified atom stereocenters. The summed E-state index contributed by atoms with van der Waals surface area (Å²) in [5.74, 6) is -0.323. The molecular weight excluding hydrogens is 330 g/mol. The van der Waals surface area contributed by atoms with Gasteiger partial charge in [0.1, 0.15) is 5.69 Å². The smallest absolute Gasteiger partial charge is 0.272 e. The van der Waals surface area contributed by atoms with Gasteiger partial charge in [0.15, 0.2) is 0 Å². The first-order valence-corrected chi connectivity index (χ1v) is 8.46. The lowest BCUT2D eigenvalue weighted by Gasteiger charge is -2.16. The van der Waals surface area contributed by atoms with E-state index in [1.807, 2.05) is 49.4 Å². The van der Waals surface area contributed by atoms with Crippen molar-refractivity contribution >= 4 is 16.7 Å². The van der Waals surface area contributed by atoms with Gasteiger partial charge in [-0.15, -0.1) is 0 Å². The van der Waals surface area contributed by atoms with Gasteiger partial charge in [-0.3, -0.25) is 9.59 Å². The lowest BCUT2D eigenvalue weighted by atomic mass is 9.99. The van der Waals surface area contributed by atoms with Crippen molar-refractivity contribution in [1.82, 2.24) is 15.1 Å². The molecule has 134 valence electrons. The van der Waals surface area contributed by atoms with E-state index in [2.05, 4.69) is 10.4 Å². The Morgan fingerprint density at radius 3 is 2.73 bits per heavy atom. The van der Waals surface area contributed by atoms with Crippen LogP contribution in [-0.4, -0.2) is 29.4 Å². The Hall–Kier alpha value is -2.99. The summed E-state index contributed by atoms with van der Waals surface area (Å²) in [7, 11) is 1.55. The van der Waals surface area contributed by atoms with Gasteiger partial charge in [-0.1, -0.05) is 42.5 Å². The van der Waals surface area contributed by atoms with Crippen molar-refractivity contribution in [2.75, 3.05) is 13.7 Å². The fourth-order valence-corrected chi connectivity index (χ4v) is 2.88. The minimum atomic E-state index is -0.323. The van der Waals surface area contributed by atoms with E-state index in [-0.39, 0.29) is 23.2 Å². The van der Waals surface area contributed by atoms with Crippen molar-refractivity contribution in [3.8, 4) is 0 Å². The van der Waals surface area contributed by atoms with Gasteiger partial charge >= 0.3 is 0 Å². The first-order valence-electron chi connectivity index (χ1n) is 8.46. The van der Waals surface area contributed by atoms with Gasteiger partial charge in [0.25, 0.3) is 11.5 Å². The zero-order valence-corrected chi connectivity index (χ0v) is 14.8. The minimum Gasteiger partial charge on any atom is -0.383 e. The van der Waals surface area contributed by atoms with Crippen LogP contribution < -0.4 is 10.9 Å². The van der Waals surface area contributed by atoms with Gasteiger partial charge in [0, 0.05) is 13.2 Å². The molecule has 1 aromatic heterocycles. The summed E-state index contributed by atoms with van der Waals surface area (Å²) in [5.41, 5.74) is 0.970. The van der Waals surface area contributed by atoms with Crippen molar-refractivity contribution in [2.45, 2.75) is 19.5 Å². The molecule has 1 heterocycles. The highest BCUT2D eigenvalue weighted by atomic mass is 16.5. The number of ether oxygens (including phenoxy) is 1. The van der Waals surface area contributed by atoms with Crippen LogP contribution in [0.4, 0.5) is 0 Å². The van der Waals surface area contributed by atoms with Crippen LogP contribution >= 0.6 is 0 Å². The molecule has 0 saturated heterocycles. The summed E-state index contributed by atoms with van der Waals surface area (Å²) in [5, 5.41) is 9.31. The maximum atomic E-state index is 12.6. The number of nitrogens with one attached hydrogen (secondary N) is 1. The zero-order valence-electron chi connectivity index (χ0n) is 14.8. The second-order valence-electron chi connectivity index (χ2n) is 6.04. The lowest BCUT2D eigenvalue weighted by Crippen LogP contribution is -2.31. The Bertz CT molecular complexity index is 976. The van der Waals surface area contributed by atoms with Crippen molar-refractivity contribution in [1.29, 1.82) is 0 Å². The Labute approximate surface area is 151 Å². The molecule has 0 radical (unpaired) electrons. The van der Waals surface area contributed by atoms with E-state index in [0.29, 0.717) is 13.2 Å². The molecule has 0 bridgehead atoms. The molecule has 0 aliphatic heterocycles. The molecule has 1 N–H and O–H groups in total. The van der Waals surface area contributed by atoms with Gasteiger partial charge in [-0.2, -0.15) is 5.10 Å². The number of carbonyl (C=O) groups is 1. The fourth-order valence-electron chi connectivity index (χ4n) is 2.88. The van der Waals surface area contributed by atoms with E-state index in [1.54, 1.807) is 7.11 Å². The predicted octanol–water partition coefficient (Wildman–Crippen LogP) is 2.53. The van der Waals surface area contributed by atoms with Crippen LogP contribution in [-0.2, 0) is 11.3 Å². The number of hydrogen-bond acceptors (Lipinski definition) is 4. The molecule has 1 atom stereocenters. The SMILES string of the molecule is COCCn1nc(C(=O)N[C@@H](C)c2cccc3ccccc23)ccc1=O. The molecule has 3 aromatic rings. The second-order valence-corrected chi connectivity index (χ2v) is 6.04. The molecule has 0 fully saturated rings. The topological polar surface area (TPSA) is 73.2 Å². The highest BCUT2D eigenvalue weighted by Gasteiger charge is 2.15. The average molecular weight is 351 g/mol. The van der Waals surface area contributed by atoms with Crippen LogP contribution in [0.5, 0.6) is 0 Å². The maximum absolute atomic E-state index is 12.6. The van der Waals surface area contributed by atoms with Crippen LogP contribution in [0, 0.1) is 0 Å². The number of hydrogen-bond donors (Lipinski definition) is 1. The van der Waals surface area contributed by atoms with E-state index in [4.69, 9.17) is 4.74 Å². The molecular formula is C20H21N3O3. The highest BCUT2D eigenvalue weighted by molar-refractivity contribution is 5.93. The van der Waals surface area contributed by atoms with E-state index in [0.717, 1.165) is 16.3 Å². The number of carbonyl (C=O) groups excluding carboxylic acids is 1. The summed E-state index contributed by atoms with van der Waals surface area (Å²) in [6.07, 6.45) is 0. The van der Waals surface area contributed by atoms with Crippen molar-refractivity contribution < 1.29 is 9.53 Å². The molecule has 6 nitrogen and oxygen atoms in total. The van der Waals surface area contributed by atoms with Gasteiger partial charge in [0.05, 0.1) is 19.2 Å². The Kier molecular flexibility index (Phi) is 5.43.